The van der Waals surface area contributed by atoms with Gasteiger partial charge in [-0.2, -0.15) is 0 Å². The molecule has 0 radical (unpaired) electrons. The maximum atomic E-state index is 12.3. The Morgan fingerprint density at radius 1 is 1.23 bits per heavy atom. The highest BCUT2D eigenvalue weighted by Crippen LogP contribution is 2.16. The van der Waals surface area contributed by atoms with Gasteiger partial charge in [0.1, 0.15) is 5.69 Å². The van der Waals surface area contributed by atoms with E-state index in [0.717, 1.165) is 12.8 Å². The zero-order chi connectivity index (χ0) is 17.4. The maximum absolute atomic E-state index is 12.3. The van der Waals surface area contributed by atoms with Crippen LogP contribution in [0.4, 0.5) is 0 Å². The van der Waals surface area contributed by atoms with Crippen molar-refractivity contribution in [1.82, 2.24) is 20.5 Å². The van der Waals surface area contributed by atoms with Crippen LogP contribution in [0, 0.1) is 5.92 Å². The second-order valence-electron chi connectivity index (χ2n) is 5.66. The molecule has 146 valence electrons. The Hall–Kier alpha value is -1.90. The predicted octanol–water partition coefficient (Wildman–Crippen LogP) is -0.0315. The predicted molar refractivity (Wildman–Crippen MR) is 102 cm³/mol. The zero-order valence-corrected chi connectivity index (χ0v) is 16.0. The molecule has 0 aliphatic carbocycles. The molecule has 1 aromatic heterocycles. The van der Waals surface area contributed by atoms with Crippen molar-refractivity contribution >= 4 is 42.5 Å². The van der Waals surface area contributed by atoms with Gasteiger partial charge in [0.05, 0.1) is 12.5 Å². The van der Waals surface area contributed by atoms with Crippen LogP contribution in [0.5, 0.6) is 0 Å². The first-order chi connectivity index (χ1) is 11.6. The fourth-order valence-corrected chi connectivity index (χ4v) is 2.61. The molecule has 10 heteroatoms. The van der Waals surface area contributed by atoms with Crippen molar-refractivity contribution < 1.29 is 14.4 Å². The van der Waals surface area contributed by atoms with Gasteiger partial charge in [0, 0.05) is 32.4 Å². The SMILES string of the molecule is Cl.Cl.NCCNC(=O)C1CCCN(C(=O)CNC(=O)c2ccccn2)C1. The number of hydrogen-bond donors (Lipinski definition) is 3. The smallest absolute Gasteiger partial charge is 0.270 e. The summed E-state index contributed by atoms with van der Waals surface area (Å²) in [5, 5.41) is 5.32. The molecule has 2 rings (SSSR count). The molecule has 0 saturated carbocycles. The maximum Gasteiger partial charge on any atom is 0.270 e. The van der Waals surface area contributed by atoms with Crippen molar-refractivity contribution in [2.75, 3.05) is 32.7 Å². The number of aromatic nitrogens is 1. The summed E-state index contributed by atoms with van der Waals surface area (Å²) >= 11 is 0. The van der Waals surface area contributed by atoms with Crippen LogP contribution in [-0.4, -0.2) is 60.3 Å². The number of rotatable bonds is 6. The zero-order valence-electron chi connectivity index (χ0n) is 14.3. The van der Waals surface area contributed by atoms with Crippen molar-refractivity contribution in [2.24, 2.45) is 11.7 Å². The summed E-state index contributed by atoms with van der Waals surface area (Å²) in [6.45, 7) is 1.68. The van der Waals surface area contributed by atoms with Gasteiger partial charge in [0.2, 0.25) is 11.8 Å². The van der Waals surface area contributed by atoms with Gasteiger partial charge in [-0.15, -0.1) is 24.8 Å². The molecule has 1 fully saturated rings. The third-order valence-electron chi connectivity index (χ3n) is 3.89. The first-order valence-electron chi connectivity index (χ1n) is 8.06. The van der Waals surface area contributed by atoms with Gasteiger partial charge >= 0.3 is 0 Å². The molecular weight excluding hydrogens is 381 g/mol. The van der Waals surface area contributed by atoms with E-state index < -0.39 is 5.91 Å². The number of nitrogens with two attached hydrogens (primary N) is 1. The molecular formula is C16H25Cl2N5O3. The molecule has 1 aliphatic rings. The summed E-state index contributed by atoms with van der Waals surface area (Å²) in [7, 11) is 0. The first kappa shape index (κ1) is 24.1. The van der Waals surface area contributed by atoms with E-state index in [1.54, 1.807) is 23.1 Å². The number of carbonyl (C=O) groups excluding carboxylic acids is 3. The monoisotopic (exact) mass is 405 g/mol. The summed E-state index contributed by atoms with van der Waals surface area (Å²) in [5.41, 5.74) is 5.64. The average Bonchev–Trinajstić information content (AvgIpc) is 2.64. The summed E-state index contributed by atoms with van der Waals surface area (Å²) in [4.78, 5) is 41.7. The van der Waals surface area contributed by atoms with E-state index in [2.05, 4.69) is 15.6 Å². The molecule has 0 aromatic carbocycles. The molecule has 1 aliphatic heterocycles. The highest BCUT2D eigenvalue weighted by atomic mass is 35.5. The van der Waals surface area contributed by atoms with Crippen molar-refractivity contribution in [2.45, 2.75) is 12.8 Å². The number of nitrogens with one attached hydrogen (secondary N) is 2. The van der Waals surface area contributed by atoms with Crippen LogP contribution < -0.4 is 16.4 Å². The summed E-state index contributed by atoms with van der Waals surface area (Å²) < 4.78 is 0. The Balaban J connectivity index is 0.00000312. The Kier molecular flexibility index (Phi) is 11.5. The molecule has 1 atom stereocenters. The van der Waals surface area contributed by atoms with Crippen LogP contribution in [0.15, 0.2) is 24.4 Å². The summed E-state index contributed by atoms with van der Waals surface area (Å²) in [6, 6.07) is 5.00. The van der Waals surface area contributed by atoms with Crippen LogP contribution >= 0.6 is 24.8 Å². The van der Waals surface area contributed by atoms with E-state index in [0.29, 0.717) is 26.2 Å². The Morgan fingerprint density at radius 2 is 2.00 bits per heavy atom. The molecule has 2 heterocycles. The third-order valence-corrected chi connectivity index (χ3v) is 3.89. The first-order valence-corrected chi connectivity index (χ1v) is 8.06. The van der Waals surface area contributed by atoms with Gasteiger partial charge in [-0.1, -0.05) is 6.07 Å². The number of nitrogens with zero attached hydrogens (tertiary/aromatic N) is 2. The quantitative estimate of drug-likeness (QED) is 0.613. The fraction of sp³-hybridized carbons (Fsp3) is 0.500. The number of halogens is 2. The lowest BCUT2D eigenvalue weighted by molar-refractivity contribution is -0.134. The van der Waals surface area contributed by atoms with Gasteiger partial charge in [-0.25, -0.2) is 0 Å². The van der Waals surface area contributed by atoms with E-state index >= 15 is 0 Å². The Bertz CT molecular complexity index is 589. The molecule has 1 aromatic rings. The third kappa shape index (κ3) is 7.15. The molecule has 3 amide bonds. The second-order valence-corrected chi connectivity index (χ2v) is 5.66. The largest absolute Gasteiger partial charge is 0.355 e. The van der Waals surface area contributed by atoms with Gasteiger partial charge < -0.3 is 21.3 Å². The van der Waals surface area contributed by atoms with Crippen molar-refractivity contribution in [3.8, 4) is 0 Å². The average molecular weight is 406 g/mol. The molecule has 1 unspecified atom stereocenters. The second kappa shape index (κ2) is 12.5. The highest BCUT2D eigenvalue weighted by molar-refractivity contribution is 5.94. The lowest BCUT2D eigenvalue weighted by atomic mass is 9.97. The minimum Gasteiger partial charge on any atom is -0.355 e. The van der Waals surface area contributed by atoms with Gasteiger partial charge in [0.15, 0.2) is 0 Å². The number of carbonyl (C=O) groups is 3. The minimum atomic E-state index is -0.391. The van der Waals surface area contributed by atoms with E-state index in [4.69, 9.17) is 5.73 Å². The fourth-order valence-electron chi connectivity index (χ4n) is 2.61. The van der Waals surface area contributed by atoms with Gasteiger partial charge in [0.25, 0.3) is 5.91 Å². The Labute approximate surface area is 165 Å². The molecule has 0 bridgehead atoms. The summed E-state index contributed by atoms with van der Waals surface area (Å²) in [5.74, 6) is -0.884. The van der Waals surface area contributed by atoms with Crippen LogP contribution in [0.25, 0.3) is 0 Å². The summed E-state index contributed by atoms with van der Waals surface area (Å²) in [6.07, 6.45) is 3.03. The van der Waals surface area contributed by atoms with E-state index in [-0.39, 0.29) is 54.8 Å². The van der Waals surface area contributed by atoms with Crippen molar-refractivity contribution in [3.05, 3.63) is 30.1 Å². The standard InChI is InChI=1S/C16H23N5O3.2ClH/c17-6-8-19-15(23)12-4-3-9-21(11-12)14(22)10-20-16(24)13-5-1-2-7-18-13;;/h1-2,5,7,12H,3-4,6,8-11,17H2,(H,19,23)(H,20,24);2*1H. The molecule has 0 spiro atoms. The van der Waals surface area contributed by atoms with E-state index in [1.807, 2.05) is 0 Å². The van der Waals surface area contributed by atoms with E-state index in [9.17, 15) is 14.4 Å². The van der Waals surface area contributed by atoms with Crippen LogP contribution in [0.3, 0.4) is 0 Å². The van der Waals surface area contributed by atoms with Gasteiger partial charge in [-0.3, -0.25) is 19.4 Å². The number of pyridine rings is 1. The molecule has 4 N–H and O–H groups in total. The molecule has 26 heavy (non-hydrogen) atoms. The number of piperidine rings is 1. The normalized spacial score (nSPS) is 15.9. The number of likely N-dealkylation sites (tertiary alicyclic amines) is 1. The van der Waals surface area contributed by atoms with Crippen molar-refractivity contribution in [3.63, 3.8) is 0 Å². The Morgan fingerprint density at radius 3 is 2.65 bits per heavy atom. The lowest BCUT2D eigenvalue weighted by Gasteiger charge is -2.32. The highest BCUT2D eigenvalue weighted by Gasteiger charge is 2.28. The van der Waals surface area contributed by atoms with Gasteiger partial charge in [-0.05, 0) is 25.0 Å². The van der Waals surface area contributed by atoms with Crippen LogP contribution in [-0.2, 0) is 9.59 Å². The molecule has 8 nitrogen and oxygen atoms in total. The number of amides is 3. The van der Waals surface area contributed by atoms with Crippen LogP contribution in [0.1, 0.15) is 23.3 Å². The molecule has 1 saturated heterocycles. The van der Waals surface area contributed by atoms with Crippen LogP contribution in [0.2, 0.25) is 0 Å². The number of hydrogen-bond acceptors (Lipinski definition) is 5. The topological polar surface area (TPSA) is 117 Å². The lowest BCUT2D eigenvalue weighted by Crippen LogP contribution is -2.48. The van der Waals surface area contributed by atoms with Crippen molar-refractivity contribution in [1.29, 1.82) is 0 Å². The minimum absolute atomic E-state index is 0. The van der Waals surface area contributed by atoms with E-state index in [1.165, 1.54) is 6.20 Å².